The summed E-state index contributed by atoms with van der Waals surface area (Å²) in [6.07, 6.45) is 0.0156. The molecule has 8 heteroatoms. The van der Waals surface area contributed by atoms with Gasteiger partial charge in [-0.05, 0) is 55.8 Å². The number of hydrogen-bond donors (Lipinski definition) is 1. The van der Waals surface area contributed by atoms with E-state index in [2.05, 4.69) is 4.72 Å². The number of anilines is 1. The molecule has 0 saturated carbocycles. The SMILES string of the molecule is CC(C)Oc1ccc(NS(=O)(=O)CC(=O)N(C)Cc2ccc(F)cc2)cc1. The monoisotopic (exact) mass is 394 g/mol. The lowest BCUT2D eigenvalue weighted by molar-refractivity contribution is -0.127. The Morgan fingerprint density at radius 1 is 1.11 bits per heavy atom. The molecule has 0 aliphatic carbocycles. The van der Waals surface area contributed by atoms with Crippen LogP contribution in [0, 0.1) is 5.82 Å². The number of benzene rings is 2. The maximum absolute atomic E-state index is 12.9. The van der Waals surface area contributed by atoms with Gasteiger partial charge in [-0.25, -0.2) is 12.8 Å². The quantitative estimate of drug-likeness (QED) is 0.747. The lowest BCUT2D eigenvalue weighted by Gasteiger charge is -2.18. The minimum atomic E-state index is -3.86. The second-order valence-corrected chi connectivity index (χ2v) is 8.15. The zero-order valence-corrected chi connectivity index (χ0v) is 16.3. The van der Waals surface area contributed by atoms with Gasteiger partial charge in [-0.2, -0.15) is 0 Å². The van der Waals surface area contributed by atoms with Crippen LogP contribution >= 0.6 is 0 Å². The van der Waals surface area contributed by atoms with E-state index in [4.69, 9.17) is 4.74 Å². The first-order valence-corrected chi connectivity index (χ1v) is 10.1. The van der Waals surface area contributed by atoms with Crippen LogP contribution in [0.25, 0.3) is 0 Å². The fourth-order valence-corrected chi connectivity index (χ4v) is 3.43. The standard InChI is InChI=1S/C19H23FN2O4S/c1-14(2)26-18-10-8-17(9-11-18)21-27(24,25)13-19(23)22(3)12-15-4-6-16(20)7-5-15/h4-11,14,21H,12-13H2,1-3H3. The van der Waals surface area contributed by atoms with Crippen molar-refractivity contribution in [3.8, 4) is 5.75 Å². The highest BCUT2D eigenvalue weighted by Gasteiger charge is 2.20. The van der Waals surface area contributed by atoms with E-state index < -0.39 is 21.7 Å². The van der Waals surface area contributed by atoms with Gasteiger partial charge in [-0.15, -0.1) is 0 Å². The van der Waals surface area contributed by atoms with Gasteiger partial charge in [0.1, 0.15) is 17.3 Å². The molecule has 0 heterocycles. The molecule has 0 aliphatic heterocycles. The molecule has 1 N–H and O–H groups in total. The highest BCUT2D eigenvalue weighted by Crippen LogP contribution is 2.18. The van der Waals surface area contributed by atoms with Gasteiger partial charge in [0, 0.05) is 19.3 Å². The third kappa shape index (κ3) is 6.90. The maximum Gasteiger partial charge on any atom is 0.241 e. The number of nitrogens with one attached hydrogen (secondary N) is 1. The van der Waals surface area contributed by atoms with Crippen molar-refractivity contribution in [2.75, 3.05) is 17.5 Å². The molecule has 0 bridgehead atoms. The van der Waals surface area contributed by atoms with Crippen molar-refractivity contribution in [1.29, 1.82) is 0 Å². The Bertz CT molecular complexity index is 866. The molecule has 2 aromatic carbocycles. The minimum absolute atomic E-state index is 0.0156. The smallest absolute Gasteiger partial charge is 0.241 e. The summed E-state index contributed by atoms with van der Waals surface area (Å²) < 4.78 is 45.3. The summed E-state index contributed by atoms with van der Waals surface area (Å²) in [5, 5.41) is 0. The molecular formula is C19H23FN2O4S. The molecular weight excluding hydrogens is 371 g/mol. The zero-order chi connectivity index (χ0) is 20.0. The predicted molar refractivity (Wildman–Crippen MR) is 102 cm³/mol. The molecule has 0 unspecified atom stereocenters. The van der Waals surface area contributed by atoms with Crippen molar-refractivity contribution in [3.63, 3.8) is 0 Å². The molecule has 1 amide bonds. The molecule has 6 nitrogen and oxygen atoms in total. The molecule has 2 aromatic rings. The summed E-state index contributed by atoms with van der Waals surface area (Å²) in [6.45, 7) is 3.98. The maximum atomic E-state index is 12.9. The molecule has 0 radical (unpaired) electrons. The van der Waals surface area contributed by atoms with Crippen molar-refractivity contribution in [3.05, 3.63) is 59.9 Å². The van der Waals surface area contributed by atoms with E-state index in [1.807, 2.05) is 13.8 Å². The van der Waals surface area contributed by atoms with Gasteiger partial charge in [0.15, 0.2) is 0 Å². The van der Waals surface area contributed by atoms with Gasteiger partial charge in [0.25, 0.3) is 0 Å². The van der Waals surface area contributed by atoms with Crippen molar-refractivity contribution >= 4 is 21.6 Å². The number of ether oxygens (including phenoxy) is 1. The molecule has 2 rings (SSSR count). The number of rotatable bonds is 8. The Kier molecular flexibility index (Phi) is 6.79. The number of carbonyl (C=O) groups is 1. The number of carbonyl (C=O) groups excluding carboxylic acids is 1. The van der Waals surface area contributed by atoms with E-state index in [9.17, 15) is 17.6 Å². The van der Waals surface area contributed by atoms with E-state index in [1.165, 1.54) is 24.1 Å². The van der Waals surface area contributed by atoms with Gasteiger partial charge >= 0.3 is 0 Å². The Hall–Kier alpha value is -2.61. The van der Waals surface area contributed by atoms with Crippen LogP contribution in [0.3, 0.4) is 0 Å². The van der Waals surface area contributed by atoms with E-state index in [1.54, 1.807) is 36.4 Å². The van der Waals surface area contributed by atoms with Crippen LogP contribution in [0.15, 0.2) is 48.5 Å². The molecule has 0 fully saturated rings. The number of amides is 1. The topological polar surface area (TPSA) is 75.7 Å². The van der Waals surface area contributed by atoms with Gasteiger partial charge in [0.2, 0.25) is 15.9 Å². The van der Waals surface area contributed by atoms with Crippen molar-refractivity contribution in [2.24, 2.45) is 0 Å². The molecule has 0 aromatic heterocycles. The zero-order valence-electron chi connectivity index (χ0n) is 15.5. The molecule has 27 heavy (non-hydrogen) atoms. The Balaban J connectivity index is 1.94. The van der Waals surface area contributed by atoms with Crippen LogP contribution in [-0.4, -0.2) is 38.1 Å². The highest BCUT2D eigenvalue weighted by molar-refractivity contribution is 7.93. The van der Waals surface area contributed by atoms with Crippen molar-refractivity contribution in [2.45, 2.75) is 26.5 Å². The first kappa shape index (κ1) is 20.7. The Labute approximate surface area is 159 Å². The molecule has 0 aliphatic rings. The van der Waals surface area contributed by atoms with Crippen LogP contribution in [0.1, 0.15) is 19.4 Å². The van der Waals surface area contributed by atoms with E-state index >= 15 is 0 Å². The summed E-state index contributed by atoms with van der Waals surface area (Å²) in [5.41, 5.74) is 1.05. The minimum Gasteiger partial charge on any atom is -0.491 e. The van der Waals surface area contributed by atoms with Crippen LogP contribution in [0.4, 0.5) is 10.1 Å². The fourth-order valence-electron chi connectivity index (χ4n) is 2.31. The largest absolute Gasteiger partial charge is 0.491 e. The second kappa shape index (κ2) is 8.85. The number of hydrogen-bond acceptors (Lipinski definition) is 4. The first-order valence-electron chi connectivity index (χ1n) is 8.40. The van der Waals surface area contributed by atoms with E-state index in [0.29, 0.717) is 17.0 Å². The third-order valence-corrected chi connectivity index (χ3v) is 4.75. The van der Waals surface area contributed by atoms with Crippen LogP contribution in [-0.2, 0) is 21.4 Å². The molecule has 146 valence electrons. The summed E-state index contributed by atoms with van der Waals surface area (Å²) in [4.78, 5) is 13.5. The second-order valence-electron chi connectivity index (χ2n) is 6.43. The predicted octanol–water partition coefficient (Wildman–Crippen LogP) is 3.01. The fraction of sp³-hybridized carbons (Fsp3) is 0.316. The van der Waals surface area contributed by atoms with Crippen molar-refractivity contribution < 1.29 is 22.3 Å². The summed E-state index contributed by atoms with van der Waals surface area (Å²) in [5.74, 6) is -0.992. The number of sulfonamides is 1. The van der Waals surface area contributed by atoms with E-state index in [0.717, 1.165) is 0 Å². The van der Waals surface area contributed by atoms with Gasteiger partial charge in [-0.1, -0.05) is 12.1 Å². The Morgan fingerprint density at radius 2 is 1.70 bits per heavy atom. The Morgan fingerprint density at radius 3 is 2.26 bits per heavy atom. The van der Waals surface area contributed by atoms with Gasteiger partial charge in [-0.3, -0.25) is 9.52 Å². The molecule has 0 saturated heterocycles. The lowest BCUT2D eigenvalue weighted by atomic mass is 10.2. The highest BCUT2D eigenvalue weighted by atomic mass is 32.2. The summed E-state index contributed by atoms with van der Waals surface area (Å²) in [6, 6.07) is 12.1. The normalized spacial score (nSPS) is 11.3. The van der Waals surface area contributed by atoms with Crippen molar-refractivity contribution in [1.82, 2.24) is 4.90 Å². The van der Waals surface area contributed by atoms with Crippen LogP contribution < -0.4 is 9.46 Å². The van der Waals surface area contributed by atoms with Crippen LogP contribution in [0.5, 0.6) is 5.75 Å². The van der Waals surface area contributed by atoms with Crippen LogP contribution in [0.2, 0.25) is 0 Å². The number of halogens is 1. The molecule has 0 spiro atoms. The number of nitrogens with zero attached hydrogens (tertiary/aromatic N) is 1. The summed E-state index contributed by atoms with van der Waals surface area (Å²) in [7, 11) is -2.36. The first-order chi connectivity index (χ1) is 12.6. The van der Waals surface area contributed by atoms with Gasteiger partial charge in [0.05, 0.1) is 6.10 Å². The molecule has 0 atom stereocenters. The summed E-state index contributed by atoms with van der Waals surface area (Å²) >= 11 is 0. The average molecular weight is 394 g/mol. The van der Waals surface area contributed by atoms with E-state index in [-0.39, 0.29) is 18.5 Å². The third-order valence-electron chi connectivity index (χ3n) is 3.57. The average Bonchev–Trinajstić information content (AvgIpc) is 2.57. The van der Waals surface area contributed by atoms with Gasteiger partial charge < -0.3 is 9.64 Å². The lowest BCUT2D eigenvalue weighted by Crippen LogP contribution is -2.34.